The topological polar surface area (TPSA) is 75.4 Å². The fraction of sp³-hybridized carbons (Fsp3) is 0.654. The summed E-state index contributed by atoms with van der Waals surface area (Å²) in [6.45, 7) is 9.08. The van der Waals surface area contributed by atoms with Crippen molar-refractivity contribution in [2.75, 3.05) is 0 Å². The second kappa shape index (κ2) is 9.34. The molecule has 4 rings (SSSR count). The van der Waals surface area contributed by atoms with E-state index < -0.39 is 11.5 Å². The molecule has 0 bridgehead atoms. The Bertz CT molecular complexity index is 1020. The summed E-state index contributed by atoms with van der Waals surface area (Å²) >= 11 is 0. The van der Waals surface area contributed by atoms with Gasteiger partial charge in [-0.2, -0.15) is 0 Å². The minimum absolute atomic E-state index is 0.0988. The average molecular weight is 440 g/mol. The van der Waals surface area contributed by atoms with E-state index in [9.17, 15) is 14.7 Å². The monoisotopic (exact) mass is 439 g/mol. The third kappa shape index (κ3) is 4.34. The molecule has 3 atom stereocenters. The molecule has 0 unspecified atom stereocenters. The first-order valence-electron chi connectivity index (χ1n) is 12.3. The van der Waals surface area contributed by atoms with Crippen molar-refractivity contribution in [2.45, 2.75) is 96.8 Å². The van der Waals surface area contributed by atoms with Gasteiger partial charge in [0.2, 0.25) is 5.69 Å². The molecule has 0 amide bonds. The maximum absolute atomic E-state index is 13.1. The van der Waals surface area contributed by atoms with Gasteiger partial charge in [-0.05, 0) is 82.8 Å². The molecule has 1 saturated heterocycles. The molecule has 1 aromatic heterocycles. The number of carboxylic acids is 1. The highest BCUT2D eigenvalue weighted by molar-refractivity contribution is 5.88. The Hall–Kier alpha value is -2.21. The van der Waals surface area contributed by atoms with Gasteiger partial charge in [-0.25, -0.2) is 9.78 Å². The number of hydrogen-bond donors (Lipinski definition) is 1. The molecule has 32 heavy (non-hydrogen) atoms. The Morgan fingerprint density at radius 3 is 2.44 bits per heavy atom. The number of rotatable bonds is 6. The van der Waals surface area contributed by atoms with E-state index in [0.717, 1.165) is 24.7 Å². The average Bonchev–Trinajstić information content (AvgIpc) is 3.12. The number of benzene rings is 1. The highest BCUT2D eigenvalue weighted by Gasteiger charge is 2.38. The van der Waals surface area contributed by atoms with E-state index in [1.807, 2.05) is 18.2 Å². The molecule has 1 saturated carbocycles. The predicted molar refractivity (Wildman–Crippen MR) is 127 cm³/mol. The van der Waals surface area contributed by atoms with Crippen LogP contribution in [0.1, 0.15) is 89.2 Å². The number of likely N-dealkylation sites (tertiary alicyclic amines) is 1. The lowest BCUT2D eigenvalue weighted by Crippen LogP contribution is -2.46. The van der Waals surface area contributed by atoms with Gasteiger partial charge >= 0.3 is 5.97 Å². The van der Waals surface area contributed by atoms with Gasteiger partial charge in [0, 0.05) is 24.2 Å². The van der Waals surface area contributed by atoms with Crippen molar-refractivity contribution in [3.8, 4) is 0 Å². The third-order valence-electron chi connectivity index (χ3n) is 8.01. The van der Waals surface area contributed by atoms with Crippen LogP contribution in [-0.2, 0) is 0 Å². The second-order valence-electron chi connectivity index (χ2n) is 10.4. The van der Waals surface area contributed by atoms with Crippen LogP contribution in [0.5, 0.6) is 0 Å². The van der Waals surface area contributed by atoms with Crippen LogP contribution >= 0.6 is 0 Å². The first kappa shape index (κ1) is 23.0. The minimum atomic E-state index is -1.26. The van der Waals surface area contributed by atoms with Gasteiger partial charge in [-0.3, -0.25) is 9.69 Å². The number of fused-ring (bicyclic) bond motifs is 1. The zero-order valence-corrected chi connectivity index (χ0v) is 19.8. The normalized spacial score (nSPS) is 27.8. The summed E-state index contributed by atoms with van der Waals surface area (Å²) in [5.41, 5.74) is 0.378. The van der Waals surface area contributed by atoms with Crippen LogP contribution in [0.25, 0.3) is 11.0 Å². The molecule has 2 aliphatic rings. The maximum Gasteiger partial charge on any atom is 0.360 e. The van der Waals surface area contributed by atoms with Crippen molar-refractivity contribution in [1.82, 2.24) is 14.5 Å². The van der Waals surface area contributed by atoms with Crippen LogP contribution < -0.4 is 5.56 Å². The lowest BCUT2D eigenvalue weighted by Gasteiger charge is -2.42. The second-order valence-corrected chi connectivity index (χ2v) is 10.4. The molecule has 6 heteroatoms. The van der Waals surface area contributed by atoms with Crippen molar-refractivity contribution < 1.29 is 9.90 Å². The first-order chi connectivity index (χ1) is 15.3. The van der Waals surface area contributed by atoms with E-state index in [1.165, 1.54) is 32.1 Å². The molecule has 1 aliphatic carbocycles. The van der Waals surface area contributed by atoms with Gasteiger partial charge in [-0.1, -0.05) is 26.0 Å². The number of carboxylic acid groups (broad SMARTS) is 1. The minimum Gasteiger partial charge on any atom is -0.476 e. The summed E-state index contributed by atoms with van der Waals surface area (Å²) in [5.74, 6) is 0.343. The summed E-state index contributed by atoms with van der Waals surface area (Å²) in [6.07, 6.45) is 8.32. The predicted octanol–water partition coefficient (Wildman–Crippen LogP) is 5.11. The summed E-state index contributed by atoms with van der Waals surface area (Å²) in [7, 11) is 0. The molecule has 0 spiro atoms. The van der Waals surface area contributed by atoms with E-state index in [-0.39, 0.29) is 11.7 Å². The first-order valence-corrected chi connectivity index (χ1v) is 12.3. The van der Waals surface area contributed by atoms with E-state index >= 15 is 0 Å². The van der Waals surface area contributed by atoms with Crippen LogP contribution in [-0.4, -0.2) is 43.7 Å². The van der Waals surface area contributed by atoms with Gasteiger partial charge in [0.15, 0.2) is 0 Å². The third-order valence-corrected chi connectivity index (χ3v) is 8.01. The van der Waals surface area contributed by atoms with Crippen LogP contribution in [0, 0.1) is 11.8 Å². The molecular formula is C26H37N3O3. The van der Waals surface area contributed by atoms with E-state index in [4.69, 9.17) is 0 Å². The zero-order valence-electron chi connectivity index (χ0n) is 19.8. The Labute approximate surface area is 190 Å². The summed E-state index contributed by atoms with van der Waals surface area (Å²) in [4.78, 5) is 31.6. The van der Waals surface area contributed by atoms with Gasteiger partial charge in [0.05, 0.1) is 11.0 Å². The van der Waals surface area contributed by atoms with Gasteiger partial charge in [0.25, 0.3) is 5.56 Å². The number of aromatic carboxylic acids is 1. The number of carbonyl (C=O) groups is 1. The van der Waals surface area contributed by atoms with Crippen molar-refractivity contribution in [2.24, 2.45) is 11.8 Å². The van der Waals surface area contributed by atoms with Crippen molar-refractivity contribution in [3.63, 3.8) is 0 Å². The standard InChI is InChI=1S/C26H37N3O3/c1-16(2)19-10-13-20(14-11-19)28-17(3)9-12-21(28)15-18(4)29-23-8-6-5-7-22(23)27-24(25(29)30)26(31)32/h5-8,16-21H,9-15H2,1-4H3,(H,31,32)/t17-,18-,19-,20-,21-/m0/s1. The molecule has 2 fully saturated rings. The molecule has 1 N–H and O–H groups in total. The summed E-state index contributed by atoms with van der Waals surface area (Å²) in [6, 6.07) is 8.87. The van der Waals surface area contributed by atoms with Crippen LogP contribution in [0.3, 0.4) is 0 Å². The van der Waals surface area contributed by atoms with Gasteiger partial charge in [-0.15, -0.1) is 0 Å². The quantitative estimate of drug-likeness (QED) is 0.677. The highest BCUT2D eigenvalue weighted by Crippen LogP contribution is 2.39. The molecule has 1 aromatic carbocycles. The van der Waals surface area contributed by atoms with Gasteiger partial charge < -0.3 is 9.67 Å². The molecule has 2 aromatic rings. The lowest BCUT2D eigenvalue weighted by molar-refractivity contribution is 0.0686. The van der Waals surface area contributed by atoms with E-state index in [2.05, 4.69) is 37.6 Å². The van der Waals surface area contributed by atoms with Crippen molar-refractivity contribution in [1.29, 1.82) is 0 Å². The highest BCUT2D eigenvalue weighted by atomic mass is 16.4. The maximum atomic E-state index is 13.1. The number of aromatic nitrogens is 2. The Morgan fingerprint density at radius 2 is 1.78 bits per heavy atom. The largest absolute Gasteiger partial charge is 0.476 e. The van der Waals surface area contributed by atoms with E-state index in [1.54, 1.807) is 10.6 Å². The summed E-state index contributed by atoms with van der Waals surface area (Å²) in [5, 5.41) is 9.54. The Balaban J connectivity index is 1.59. The molecule has 0 radical (unpaired) electrons. The zero-order chi connectivity index (χ0) is 23.0. The number of para-hydroxylation sites is 2. The number of hydrogen-bond acceptors (Lipinski definition) is 4. The number of nitrogens with zero attached hydrogens (tertiary/aromatic N) is 3. The molecular weight excluding hydrogens is 402 g/mol. The molecule has 6 nitrogen and oxygen atoms in total. The summed E-state index contributed by atoms with van der Waals surface area (Å²) < 4.78 is 1.67. The fourth-order valence-corrected chi connectivity index (χ4v) is 6.29. The van der Waals surface area contributed by atoms with E-state index in [0.29, 0.717) is 29.2 Å². The van der Waals surface area contributed by atoms with Crippen molar-refractivity contribution in [3.05, 3.63) is 40.3 Å². The van der Waals surface area contributed by atoms with Gasteiger partial charge in [0.1, 0.15) is 0 Å². The molecule has 2 heterocycles. The SMILES string of the molecule is CC(C)[C@H]1CC[C@H](N2[C@H](C[C@H](C)n3c(=O)c(C(=O)O)nc4ccccc43)CC[C@@H]2C)CC1. The van der Waals surface area contributed by atoms with Crippen molar-refractivity contribution >= 4 is 17.0 Å². The van der Waals surface area contributed by atoms with Crippen LogP contribution in [0.15, 0.2) is 29.1 Å². The Kier molecular flexibility index (Phi) is 6.70. The molecule has 1 aliphatic heterocycles. The Morgan fingerprint density at radius 1 is 1.09 bits per heavy atom. The fourth-order valence-electron chi connectivity index (χ4n) is 6.29. The van der Waals surface area contributed by atoms with Crippen LogP contribution in [0.4, 0.5) is 0 Å². The lowest BCUT2D eigenvalue weighted by atomic mass is 9.79. The molecule has 174 valence electrons. The van der Waals surface area contributed by atoms with Crippen LogP contribution in [0.2, 0.25) is 0 Å². The smallest absolute Gasteiger partial charge is 0.360 e.